The number of rotatable bonds is 9. The second-order valence-electron chi connectivity index (χ2n) is 8.78. The standard InChI is InChI=1S/C27H28Cl2N6O3/c1-34(2)12-13-35(3)21-9-6-16(15-32-21)33-27(36)18-8-7-17(25-26(18)31-11-10-30-25)22-23(28)19(37-4)14-20(38-5)24(22)29/h6-11,14-15H,12-13H2,1-5H3,(H,33,36). The highest BCUT2D eigenvalue weighted by atomic mass is 35.5. The Morgan fingerprint density at radius 3 is 2.13 bits per heavy atom. The number of carbonyl (C=O) groups excluding carboxylic acids is 1. The van der Waals surface area contributed by atoms with Gasteiger partial charge in [-0.3, -0.25) is 14.8 Å². The third-order valence-corrected chi connectivity index (χ3v) is 6.74. The number of ether oxygens (including phenoxy) is 2. The predicted molar refractivity (Wildman–Crippen MR) is 152 cm³/mol. The first-order valence-electron chi connectivity index (χ1n) is 11.7. The lowest BCUT2D eigenvalue weighted by atomic mass is 9.99. The van der Waals surface area contributed by atoms with Gasteiger partial charge in [0.2, 0.25) is 0 Å². The average molecular weight is 555 g/mol. The molecule has 0 saturated heterocycles. The summed E-state index contributed by atoms with van der Waals surface area (Å²) in [6.45, 7) is 1.73. The molecule has 198 valence electrons. The number of nitrogens with one attached hydrogen (secondary N) is 1. The molecule has 0 spiro atoms. The summed E-state index contributed by atoms with van der Waals surface area (Å²) < 4.78 is 10.8. The van der Waals surface area contributed by atoms with E-state index in [1.807, 2.05) is 33.3 Å². The molecule has 9 nitrogen and oxygen atoms in total. The minimum absolute atomic E-state index is 0.296. The van der Waals surface area contributed by atoms with Crippen molar-refractivity contribution in [3.63, 3.8) is 0 Å². The number of anilines is 2. The Morgan fingerprint density at radius 2 is 1.55 bits per heavy atom. The van der Waals surface area contributed by atoms with Crippen LogP contribution in [0.2, 0.25) is 10.0 Å². The number of methoxy groups -OCH3 is 2. The summed E-state index contributed by atoms with van der Waals surface area (Å²) in [5.41, 5.74) is 2.80. The lowest BCUT2D eigenvalue weighted by molar-refractivity contribution is 0.102. The van der Waals surface area contributed by atoms with E-state index in [1.54, 1.807) is 30.6 Å². The first kappa shape index (κ1) is 27.4. The van der Waals surface area contributed by atoms with E-state index in [4.69, 9.17) is 32.7 Å². The van der Waals surface area contributed by atoms with Crippen LogP contribution in [-0.2, 0) is 0 Å². The third kappa shape index (κ3) is 5.60. The minimum atomic E-state index is -0.349. The van der Waals surface area contributed by atoms with E-state index in [0.717, 1.165) is 18.9 Å². The van der Waals surface area contributed by atoms with Gasteiger partial charge in [0.1, 0.15) is 22.8 Å². The van der Waals surface area contributed by atoms with E-state index in [0.29, 0.717) is 55.0 Å². The topological polar surface area (TPSA) is 92.7 Å². The van der Waals surface area contributed by atoms with E-state index in [-0.39, 0.29) is 5.91 Å². The first-order chi connectivity index (χ1) is 18.2. The first-order valence-corrected chi connectivity index (χ1v) is 12.5. The molecule has 1 amide bonds. The van der Waals surface area contributed by atoms with Crippen molar-refractivity contribution in [3.8, 4) is 22.6 Å². The van der Waals surface area contributed by atoms with Gasteiger partial charge in [0.05, 0.1) is 47.2 Å². The summed E-state index contributed by atoms with van der Waals surface area (Å²) in [6, 6.07) is 8.70. The van der Waals surface area contributed by atoms with Gasteiger partial charge in [-0.15, -0.1) is 0 Å². The SMILES string of the molecule is COc1cc(OC)c(Cl)c(-c2ccc(C(=O)Nc3ccc(N(C)CCN(C)C)nc3)c3nccnc23)c1Cl. The van der Waals surface area contributed by atoms with Crippen LogP contribution in [0.1, 0.15) is 10.4 Å². The highest BCUT2D eigenvalue weighted by molar-refractivity contribution is 6.41. The quantitative estimate of drug-likeness (QED) is 0.299. The van der Waals surface area contributed by atoms with Crippen molar-refractivity contribution in [1.29, 1.82) is 0 Å². The number of likely N-dealkylation sites (N-methyl/N-ethyl adjacent to an activating group) is 2. The molecule has 4 rings (SSSR count). The summed E-state index contributed by atoms with van der Waals surface area (Å²) >= 11 is 13.3. The smallest absolute Gasteiger partial charge is 0.257 e. The second-order valence-corrected chi connectivity index (χ2v) is 9.54. The molecule has 0 aliphatic heterocycles. The molecule has 0 atom stereocenters. The third-order valence-electron chi connectivity index (χ3n) is 5.99. The van der Waals surface area contributed by atoms with E-state index in [2.05, 4.69) is 30.1 Å². The average Bonchev–Trinajstić information content (AvgIpc) is 2.92. The van der Waals surface area contributed by atoms with E-state index >= 15 is 0 Å². The van der Waals surface area contributed by atoms with Crippen molar-refractivity contribution in [3.05, 3.63) is 64.5 Å². The fourth-order valence-electron chi connectivity index (χ4n) is 3.91. The molecule has 4 aromatic rings. The van der Waals surface area contributed by atoms with Gasteiger partial charge >= 0.3 is 0 Å². The van der Waals surface area contributed by atoms with Crippen LogP contribution in [0.25, 0.3) is 22.2 Å². The molecule has 0 unspecified atom stereocenters. The zero-order valence-corrected chi connectivity index (χ0v) is 23.3. The van der Waals surface area contributed by atoms with E-state index in [1.165, 1.54) is 20.4 Å². The fraction of sp³-hybridized carbons (Fsp3) is 0.259. The van der Waals surface area contributed by atoms with Gasteiger partial charge in [0.15, 0.2) is 0 Å². The van der Waals surface area contributed by atoms with Gasteiger partial charge in [-0.25, -0.2) is 4.98 Å². The highest BCUT2D eigenvalue weighted by Crippen LogP contribution is 2.47. The maximum Gasteiger partial charge on any atom is 0.257 e. The van der Waals surface area contributed by atoms with E-state index in [9.17, 15) is 4.79 Å². The largest absolute Gasteiger partial charge is 0.495 e. The van der Waals surface area contributed by atoms with Crippen LogP contribution < -0.4 is 19.7 Å². The number of carbonyl (C=O) groups is 1. The summed E-state index contributed by atoms with van der Waals surface area (Å²) in [7, 11) is 9.04. The van der Waals surface area contributed by atoms with Crippen LogP contribution in [0.5, 0.6) is 11.5 Å². The van der Waals surface area contributed by atoms with Gasteiger partial charge in [-0.1, -0.05) is 29.3 Å². The predicted octanol–water partition coefficient (Wildman–Crippen LogP) is 5.27. The normalized spacial score (nSPS) is 11.1. The molecule has 38 heavy (non-hydrogen) atoms. The molecule has 0 aliphatic carbocycles. The van der Waals surface area contributed by atoms with Crippen LogP contribution >= 0.6 is 23.2 Å². The summed E-state index contributed by atoms with van der Waals surface area (Å²) in [4.78, 5) is 30.9. The highest BCUT2D eigenvalue weighted by Gasteiger charge is 2.23. The molecule has 0 bridgehead atoms. The summed E-state index contributed by atoms with van der Waals surface area (Å²) in [5, 5.41) is 3.49. The van der Waals surface area contributed by atoms with Crippen molar-refractivity contribution in [1.82, 2.24) is 19.9 Å². The molecule has 0 radical (unpaired) electrons. The van der Waals surface area contributed by atoms with Crippen LogP contribution in [0.15, 0.2) is 48.9 Å². The van der Waals surface area contributed by atoms with E-state index < -0.39 is 0 Å². The number of fused-ring (bicyclic) bond motifs is 1. The molecule has 1 N–H and O–H groups in total. The number of amides is 1. The minimum Gasteiger partial charge on any atom is -0.495 e. The van der Waals surface area contributed by atoms with Crippen molar-refractivity contribution < 1.29 is 14.3 Å². The number of pyridine rings is 1. The van der Waals surface area contributed by atoms with Crippen molar-refractivity contribution >= 4 is 51.6 Å². The molecule has 0 fully saturated rings. The van der Waals surface area contributed by atoms with Gasteiger partial charge in [0.25, 0.3) is 5.91 Å². The Bertz CT molecular complexity index is 1440. The Balaban J connectivity index is 1.67. The molecule has 2 heterocycles. The Morgan fingerprint density at radius 1 is 0.895 bits per heavy atom. The van der Waals surface area contributed by atoms with Crippen molar-refractivity contribution in [2.75, 3.05) is 58.7 Å². The van der Waals surface area contributed by atoms with Crippen LogP contribution in [0, 0.1) is 0 Å². The molecular weight excluding hydrogens is 527 g/mol. The zero-order chi connectivity index (χ0) is 27.4. The molecule has 0 aliphatic rings. The molecular formula is C27H28Cl2N6O3. The number of hydrogen-bond acceptors (Lipinski definition) is 8. The zero-order valence-electron chi connectivity index (χ0n) is 21.7. The van der Waals surface area contributed by atoms with Gasteiger partial charge in [-0.2, -0.15) is 0 Å². The van der Waals surface area contributed by atoms with Crippen molar-refractivity contribution in [2.45, 2.75) is 0 Å². The summed E-state index contributed by atoms with van der Waals surface area (Å²) in [6.07, 6.45) is 4.70. The number of aromatic nitrogens is 3. The van der Waals surface area contributed by atoms with Gasteiger partial charge in [0, 0.05) is 49.7 Å². The fourth-order valence-corrected chi connectivity index (χ4v) is 4.62. The maximum atomic E-state index is 13.3. The molecule has 11 heteroatoms. The summed E-state index contributed by atoms with van der Waals surface area (Å²) in [5.74, 6) is 1.25. The van der Waals surface area contributed by atoms with Crippen LogP contribution in [-0.4, -0.2) is 74.2 Å². The van der Waals surface area contributed by atoms with Gasteiger partial charge < -0.3 is 24.6 Å². The monoisotopic (exact) mass is 554 g/mol. The Labute approximate surface area is 231 Å². The molecule has 0 saturated carbocycles. The van der Waals surface area contributed by atoms with Crippen molar-refractivity contribution in [2.24, 2.45) is 0 Å². The van der Waals surface area contributed by atoms with Gasteiger partial charge in [-0.05, 0) is 32.3 Å². The number of nitrogens with zero attached hydrogens (tertiary/aromatic N) is 5. The Hall–Kier alpha value is -3.66. The second kappa shape index (κ2) is 11.8. The molecule has 2 aromatic carbocycles. The van der Waals surface area contributed by atoms with Crippen LogP contribution in [0.3, 0.4) is 0 Å². The van der Waals surface area contributed by atoms with Crippen LogP contribution in [0.4, 0.5) is 11.5 Å². The maximum absolute atomic E-state index is 13.3. The lowest BCUT2D eigenvalue weighted by Gasteiger charge is -2.20. The number of benzene rings is 2. The molecule has 2 aromatic heterocycles. The Kier molecular flexibility index (Phi) is 8.51. The number of halogens is 2. The lowest BCUT2D eigenvalue weighted by Crippen LogP contribution is -2.28. The number of hydrogen-bond donors (Lipinski definition) is 1.